The fraction of sp³-hybridized carbons (Fsp3) is 0.467. The number of aliphatic hydroxyl groups excluding tert-OH is 1. The molecule has 3 heterocycles. The number of anilines is 3. The first-order chi connectivity index (χ1) is 18.8. The first-order valence-corrected chi connectivity index (χ1v) is 13.8. The third-order valence-corrected chi connectivity index (χ3v) is 8.96. The highest BCUT2D eigenvalue weighted by Gasteiger charge is 2.44. The summed E-state index contributed by atoms with van der Waals surface area (Å²) >= 11 is 0. The molecular formula is C30H36N4O5. The first kappa shape index (κ1) is 25.6. The van der Waals surface area contributed by atoms with E-state index >= 15 is 0 Å². The number of aromatic nitrogens is 1. The van der Waals surface area contributed by atoms with Crippen molar-refractivity contribution in [2.24, 2.45) is 13.0 Å². The Morgan fingerprint density at radius 1 is 1.10 bits per heavy atom. The van der Waals surface area contributed by atoms with Gasteiger partial charge in [-0.2, -0.15) is 0 Å². The molecule has 2 aromatic carbocycles. The standard InChI is InChI=1S/C30H36N4O5/c1-17-7-9-22-24(33(17)30(38)39-3)11-12-25-26(22)31-28(34(25)21-6-4-5-20(16-21)29(36)37)27(35)19-8-10-23-18(15-19)13-14-32(23)2/h8,10-15,17,20-21,27-28,31,35H,4-7,9,16H2,1-3H3,(H,36,37)/t17?,20?,21-,27+,28?/m1/s1. The fourth-order valence-electron chi connectivity index (χ4n) is 6.91. The van der Waals surface area contributed by atoms with Gasteiger partial charge in [0.05, 0.1) is 30.1 Å². The summed E-state index contributed by atoms with van der Waals surface area (Å²) in [6, 6.07) is 12.0. The molecule has 0 saturated heterocycles. The van der Waals surface area contributed by atoms with Crippen LogP contribution in [0.25, 0.3) is 10.9 Å². The molecule has 206 valence electrons. The number of nitrogens with zero attached hydrogens (tertiary/aromatic N) is 3. The minimum atomic E-state index is -0.859. The van der Waals surface area contributed by atoms with Gasteiger partial charge in [0.15, 0.2) is 0 Å². The van der Waals surface area contributed by atoms with Crippen LogP contribution in [0.2, 0.25) is 0 Å². The molecule has 1 aromatic heterocycles. The summed E-state index contributed by atoms with van der Waals surface area (Å²) in [5, 5.41) is 26.3. The number of hydrogen-bond acceptors (Lipinski definition) is 6. The lowest BCUT2D eigenvalue weighted by atomic mass is 9.84. The third kappa shape index (κ3) is 4.19. The molecule has 39 heavy (non-hydrogen) atoms. The molecule has 1 amide bonds. The highest BCUT2D eigenvalue weighted by atomic mass is 16.5. The lowest BCUT2D eigenvalue weighted by molar-refractivity contribution is -0.143. The van der Waals surface area contributed by atoms with Crippen LogP contribution in [0.5, 0.6) is 0 Å². The van der Waals surface area contributed by atoms with Gasteiger partial charge >= 0.3 is 12.1 Å². The molecule has 1 aliphatic carbocycles. The van der Waals surface area contributed by atoms with Crippen molar-refractivity contribution in [1.82, 2.24) is 4.57 Å². The fourth-order valence-corrected chi connectivity index (χ4v) is 6.91. The second kappa shape index (κ2) is 9.79. The largest absolute Gasteiger partial charge is 0.481 e. The Kier molecular flexibility index (Phi) is 6.41. The monoisotopic (exact) mass is 532 g/mol. The number of carboxylic acid groups (broad SMARTS) is 1. The maximum absolute atomic E-state index is 12.7. The number of carbonyl (C=O) groups excluding carboxylic acids is 1. The van der Waals surface area contributed by atoms with Crippen molar-refractivity contribution in [2.75, 3.05) is 22.2 Å². The highest BCUT2D eigenvalue weighted by Crippen LogP contribution is 2.49. The van der Waals surface area contributed by atoms with Crippen LogP contribution >= 0.6 is 0 Å². The molecule has 3 aromatic rings. The lowest BCUT2D eigenvalue weighted by Crippen LogP contribution is -2.49. The number of rotatable bonds is 4. The van der Waals surface area contributed by atoms with Crippen LogP contribution in [0.3, 0.4) is 0 Å². The molecular weight excluding hydrogens is 496 g/mol. The molecule has 0 spiro atoms. The highest BCUT2D eigenvalue weighted by molar-refractivity contribution is 5.95. The van der Waals surface area contributed by atoms with Gasteiger partial charge < -0.3 is 29.7 Å². The van der Waals surface area contributed by atoms with Gasteiger partial charge in [-0.05, 0) is 80.3 Å². The quantitative estimate of drug-likeness (QED) is 0.433. The molecule has 5 atom stereocenters. The second-order valence-electron chi connectivity index (χ2n) is 11.2. The number of carboxylic acids is 1. The maximum atomic E-state index is 12.7. The summed E-state index contributed by atoms with van der Waals surface area (Å²) in [7, 11) is 3.40. The molecule has 3 aliphatic rings. The molecule has 2 aliphatic heterocycles. The average Bonchev–Trinajstić information content (AvgIpc) is 3.52. The Morgan fingerprint density at radius 3 is 2.67 bits per heavy atom. The van der Waals surface area contributed by atoms with Crippen molar-refractivity contribution in [3.8, 4) is 0 Å². The zero-order valence-corrected chi connectivity index (χ0v) is 22.6. The van der Waals surface area contributed by atoms with Gasteiger partial charge in [0.25, 0.3) is 0 Å². The van der Waals surface area contributed by atoms with Gasteiger partial charge in [-0.1, -0.05) is 12.5 Å². The van der Waals surface area contributed by atoms with Crippen molar-refractivity contribution >= 4 is 40.0 Å². The van der Waals surface area contributed by atoms with E-state index in [1.807, 2.05) is 56.6 Å². The molecule has 0 radical (unpaired) electrons. The van der Waals surface area contributed by atoms with E-state index in [4.69, 9.17) is 4.74 Å². The van der Waals surface area contributed by atoms with Gasteiger partial charge in [0.1, 0.15) is 12.3 Å². The van der Waals surface area contributed by atoms with E-state index in [2.05, 4.69) is 14.8 Å². The second-order valence-corrected chi connectivity index (χ2v) is 11.2. The zero-order chi connectivity index (χ0) is 27.4. The Hall–Kier alpha value is -3.72. The van der Waals surface area contributed by atoms with Crippen LogP contribution in [0.15, 0.2) is 42.6 Å². The minimum Gasteiger partial charge on any atom is -0.481 e. The number of fused-ring (bicyclic) bond motifs is 4. The molecule has 1 saturated carbocycles. The number of carbonyl (C=O) groups is 2. The summed E-state index contributed by atoms with van der Waals surface area (Å²) in [6.45, 7) is 2.02. The summed E-state index contributed by atoms with van der Waals surface area (Å²) < 4.78 is 7.15. The van der Waals surface area contributed by atoms with Gasteiger partial charge in [-0.3, -0.25) is 9.69 Å². The van der Waals surface area contributed by atoms with E-state index in [1.165, 1.54) is 7.11 Å². The number of aliphatic carboxylic acids is 1. The summed E-state index contributed by atoms with van der Waals surface area (Å²) in [4.78, 5) is 28.6. The van der Waals surface area contributed by atoms with Crippen molar-refractivity contribution in [2.45, 2.75) is 69.8 Å². The predicted octanol–water partition coefficient (Wildman–Crippen LogP) is 5.02. The van der Waals surface area contributed by atoms with E-state index < -0.39 is 24.2 Å². The Bertz CT molecular complexity index is 1430. The smallest absolute Gasteiger partial charge is 0.414 e. The Morgan fingerprint density at radius 2 is 1.90 bits per heavy atom. The Balaban J connectivity index is 1.43. The first-order valence-electron chi connectivity index (χ1n) is 13.8. The predicted molar refractivity (Wildman–Crippen MR) is 150 cm³/mol. The third-order valence-electron chi connectivity index (χ3n) is 8.96. The van der Waals surface area contributed by atoms with Gasteiger partial charge in [-0.15, -0.1) is 0 Å². The summed E-state index contributed by atoms with van der Waals surface area (Å²) in [5.41, 5.74) is 5.60. The van der Waals surface area contributed by atoms with Crippen LogP contribution in [-0.2, 0) is 23.0 Å². The molecule has 3 N–H and O–H groups in total. The number of ether oxygens (including phenoxy) is 1. The van der Waals surface area contributed by atoms with Crippen LogP contribution in [0.4, 0.5) is 21.9 Å². The number of hydrogen-bond donors (Lipinski definition) is 3. The van der Waals surface area contributed by atoms with Crippen LogP contribution in [0, 0.1) is 5.92 Å². The van der Waals surface area contributed by atoms with E-state index in [0.29, 0.717) is 12.8 Å². The zero-order valence-electron chi connectivity index (χ0n) is 22.6. The van der Waals surface area contributed by atoms with Crippen molar-refractivity contribution < 1.29 is 24.5 Å². The van der Waals surface area contributed by atoms with Crippen LogP contribution in [-0.4, -0.2) is 52.2 Å². The van der Waals surface area contributed by atoms with Gasteiger partial charge in [0.2, 0.25) is 0 Å². The maximum Gasteiger partial charge on any atom is 0.414 e. The van der Waals surface area contributed by atoms with E-state index in [-0.39, 0.29) is 18.2 Å². The van der Waals surface area contributed by atoms with Gasteiger partial charge in [0, 0.05) is 36.4 Å². The molecule has 3 unspecified atom stereocenters. The summed E-state index contributed by atoms with van der Waals surface area (Å²) in [6.07, 6.45) is 4.75. The number of nitrogens with one attached hydrogen (secondary N) is 1. The SMILES string of the molecule is COC(=O)N1c2ccc3c(c2CCC1C)NC([C@@H](O)c1ccc2c(ccn2C)c1)N3[C@@H]1CCCC(C(=O)O)C1. The number of methoxy groups -OCH3 is 1. The van der Waals surface area contributed by atoms with E-state index in [0.717, 1.165) is 64.8 Å². The lowest BCUT2D eigenvalue weighted by Gasteiger charge is -2.40. The molecule has 9 nitrogen and oxygen atoms in total. The number of amides is 1. The Labute approximate surface area is 228 Å². The van der Waals surface area contributed by atoms with Crippen LogP contribution < -0.4 is 15.1 Å². The van der Waals surface area contributed by atoms with Crippen molar-refractivity contribution in [1.29, 1.82) is 0 Å². The number of benzene rings is 2. The van der Waals surface area contributed by atoms with Crippen LogP contribution in [0.1, 0.15) is 56.3 Å². The average molecular weight is 533 g/mol. The van der Waals surface area contributed by atoms with Crippen molar-refractivity contribution in [3.63, 3.8) is 0 Å². The molecule has 9 heteroatoms. The van der Waals surface area contributed by atoms with E-state index in [9.17, 15) is 19.8 Å². The van der Waals surface area contributed by atoms with Crippen molar-refractivity contribution in [3.05, 3.63) is 53.7 Å². The van der Waals surface area contributed by atoms with E-state index in [1.54, 1.807) is 4.90 Å². The molecule has 1 fully saturated rings. The topological polar surface area (TPSA) is 107 Å². The summed E-state index contributed by atoms with van der Waals surface area (Å²) in [5.74, 6) is -1.16. The van der Waals surface area contributed by atoms with Gasteiger partial charge in [-0.25, -0.2) is 4.79 Å². The number of aliphatic hydroxyl groups is 1. The molecule has 6 rings (SSSR count). The molecule has 0 bridgehead atoms. The normalized spacial score (nSPS) is 25.1. The number of aryl methyl sites for hydroxylation is 1. The minimum absolute atomic E-state index is 0.00848.